The Morgan fingerprint density at radius 3 is 2.61 bits per heavy atom. The maximum Gasteiger partial charge on any atom is 0.328 e. The molecule has 28 heavy (non-hydrogen) atoms. The highest BCUT2D eigenvalue weighted by Gasteiger charge is 2.52. The van der Waals surface area contributed by atoms with Gasteiger partial charge in [0.05, 0.1) is 12.6 Å². The molecule has 1 aromatic rings. The number of aromatic amines is 1. The van der Waals surface area contributed by atoms with E-state index >= 15 is 0 Å². The fourth-order valence-corrected chi connectivity index (χ4v) is 3.92. The molecule has 4 atom stereocenters. The van der Waals surface area contributed by atoms with Crippen LogP contribution >= 0.6 is 0 Å². The number of carbonyl (C=O) groups is 1. The number of amides is 1. The van der Waals surface area contributed by atoms with Gasteiger partial charge < -0.3 is 19.5 Å². The third-order valence-electron chi connectivity index (χ3n) is 5.43. The van der Waals surface area contributed by atoms with Gasteiger partial charge in [-0.05, 0) is 26.7 Å². The molecule has 0 aromatic carbocycles. The van der Waals surface area contributed by atoms with Crippen LogP contribution in [0.2, 0.25) is 0 Å². The molecule has 2 aliphatic rings. The standard InChI is InChI=1S/C19H29N3O6/c1-5-11(6-2)17(24)20-9-13-16-15(27-19(3,4)28-16)12(10-26-13)22-8-7-14(23)21-18(22)25/h7-8,11-13,15-16H,5-6,9-10H2,1-4H3,(H,20,24)(H,21,23,25)/t12-,13-,15+,16-/m1/s1. The zero-order valence-corrected chi connectivity index (χ0v) is 16.8. The summed E-state index contributed by atoms with van der Waals surface area (Å²) in [6, 6.07) is 0.848. The SMILES string of the molecule is CCC(CC)C(=O)NC[C@H]1OC[C@@H](n2ccc(=O)[nH]c2=O)[C@@H]2OC(C)(C)O[C@@H]21. The van der Waals surface area contributed by atoms with E-state index in [1.54, 1.807) is 13.8 Å². The number of carbonyl (C=O) groups excluding carboxylic acids is 1. The second-order valence-corrected chi connectivity index (χ2v) is 7.78. The number of nitrogens with zero attached hydrogens (tertiary/aromatic N) is 1. The summed E-state index contributed by atoms with van der Waals surface area (Å²) in [5.74, 6) is -0.864. The third-order valence-corrected chi connectivity index (χ3v) is 5.43. The summed E-state index contributed by atoms with van der Waals surface area (Å²) >= 11 is 0. The summed E-state index contributed by atoms with van der Waals surface area (Å²) in [7, 11) is 0. The number of rotatable bonds is 6. The molecule has 2 N–H and O–H groups in total. The molecule has 1 aromatic heterocycles. The average molecular weight is 395 g/mol. The molecular formula is C19H29N3O6. The van der Waals surface area contributed by atoms with Crippen molar-refractivity contribution in [1.82, 2.24) is 14.9 Å². The normalized spacial score (nSPS) is 28.9. The van der Waals surface area contributed by atoms with Gasteiger partial charge >= 0.3 is 5.69 Å². The van der Waals surface area contributed by atoms with E-state index in [0.717, 1.165) is 12.8 Å². The number of hydrogen-bond donors (Lipinski definition) is 2. The minimum Gasteiger partial charge on any atom is -0.371 e. The van der Waals surface area contributed by atoms with E-state index in [9.17, 15) is 14.4 Å². The van der Waals surface area contributed by atoms with Gasteiger partial charge in [0, 0.05) is 24.7 Å². The van der Waals surface area contributed by atoms with Gasteiger partial charge in [-0.15, -0.1) is 0 Å². The molecule has 0 spiro atoms. The maximum atomic E-state index is 12.3. The third kappa shape index (κ3) is 4.21. The van der Waals surface area contributed by atoms with Crippen molar-refractivity contribution in [1.29, 1.82) is 0 Å². The monoisotopic (exact) mass is 395 g/mol. The summed E-state index contributed by atoms with van der Waals surface area (Å²) in [5, 5.41) is 2.95. The van der Waals surface area contributed by atoms with Gasteiger partial charge in [0.2, 0.25) is 5.91 Å². The molecule has 3 heterocycles. The molecule has 0 bridgehead atoms. The van der Waals surface area contributed by atoms with Crippen molar-refractivity contribution in [2.75, 3.05) is 13.2 Å². The van der Waals surface area contributed by atoms with Crippen LogP contribution in [0.5, 0.6) is 0 Å². The summed E-state index contributed by atoms with van der Waals surface area (Å²) in [5.41, 5.74) is -0.978. The van der Waals surface area contributed by atoms with Crippen LogP contribution in [0.15, 0.2) is 21.9 Å². The lowest BCUT2D eigenvalue weighted by molar-refractivity contribution is -0.153. The van der Waals surface area contributed by atoms with Crippen molar-refractivity contribution >= 4 is 5.91 Å². The van der Waals surface area contributed by atoms with E-state index in [2.05, 4.69) is 10.3 Å². The van der Waals surface area contributed by atoms with E-state index in [0.29, 0.717) is 6.54 Å². The smallest absolute Gasteiger partial charge is 0.328 e. The molecule has 9 nitrogen and oxygen atoms in total. The molecular weight excluding hydrogens is 366 g/mol. The van der Waals surface area contributed by atoms with Crippen molar-refractivity contribution in [3.8, 4) is 0 Å². The topological polar surface area (TPSA) is 112 Å². The van der Waals surface area contributed by atoms with Gasteiger partial charge in [-0.3, -0.25) is 19.1 Å². The fourth-order valence-electron chi connectivity index (χ4n) is 3.92. The Bertz CT molecular complexity index is 812. The summed E-state index contributed by atoms with van der Waals surface area (Å²) in [4.78, 5) is 38.2. The van der Waals surface area contributed by atoms with Gasteiger partial charge in [-0.2, -0.15) is 0 Å². The van der Waals surface area contributed by atoms with Crippen molar-refractivity contribution in [2.24, 2.45) is 5.92 Å². The molecule has 9 heteroatoms. The second-order valence-electron chi connectivity index (χ2n) is 7.78. The van der Waals surface area contributed by atoms with Crippen LogP contribution < -0.4 is 16.6 Å². The van der Waals surface area contributed by atoms with Crippen LogP contribution in [-0.2, 0) is 19.0 Å². The molecule has 3 rings (SSSR count). The van der Waals surface area contributed by atoms with Crippen molar-refractivity contribution in [3.63, 3.8) is 0 Å². The van der Waals surface area contributed by atoms with Crippen LogP contribution in [-0.4, -0.2) is 52.7 Å². The summed E-state index contributed by atoms with van der Waals surface area (Å²) in [6.07, 6.45) is 1.72. The number of fused-ring (bicyclic) bond motifs is 1. The quantitative estimate of drug-likeness (QED) is 0.728. The van der Waals surface area contributed by atoms with Crippen molar-refractivity contribution in [3.05, 3.63) is 33.1 Å². The van der Waals surface area contributed by atoms with E-state index in [-0.39, 0.29) is 24.5 Å². The maximum absolute atomic E-state index is 12.3. The summed E-state index contributed by atoms with van der Waals surface area (Å²) < 4.78 is 19.5. The zero-order chi connectivity index (χ0) is 20.5. The van der Waals surface area contributed by atoms with Gasteiger partial charge in [0.25, 0.3) is 5.56 Å². The van der Waals surface area contributed by atoms with Crippen LogP contribution in [0.3, 0.4) is 0 Å². The Labute approximate surface area is 163 Å². The van der Waals surface area contributed by atoms with Crippen LogP contribution in [0, 0.1) is 5.92 Å². The highest BCUT2D eigenvalue weighted by Crippen LogP contribution is 2.39. The van der Waals surface area contributed by atoms with Gasteiger partial charge in [-0.1, -0.05) is 13.8 Å². The lowest BCUT2D eigenvalue weighted by atomic mass is 9.97. The van der Waals surface area contributed by atoms with Gasteiger partial charge in [0.15, 0.2) is 5.79 Å². The molecule has 2 fully saturated rings. The molecule has 0 saturated carbocycles. The van der Waals surface area contributed by atoms with E-state index in [1.165, 1.54) is 16.8 Å². The minimum atomic E-state index is -0.843. The van der Waals surface area contributed by atoms with Gasteiger partial charge in [-0.25, -0.2) is 4.79 Å². The first-order valence-electron chi connectivity index (χ1n) is 9.82. The Morgan fingerprint density at radius 2 is 1.96 bits per heavy atom. The Hall–Kier alpha value is -1.97. The largest absolute Gasteiger partial charge is 0.371 e. The number of hydrogen-bond acceptors (Lipinski definition) is 6. The molecule has 0 radical (unpaired) electrons. The molecule has 0 aliphatic carbocycles. The number of nitrogens with one attached hydrogen (secondary N) is 2. The van der Waals surface area contributed by atoms with Crippen LogP contribution in [0.1, 0.15) is 46.6 Å². The second kappa shape index (κ2) is 8.18. The first kappa shape index (κ1) is 20.8. The zero-order valence-electron chi connectivity index (χ0n) is 16.8. The first-order valence-corrected chi connectivity index (χ1v) is 9.82. The van der Waals surface area contributed by atoms with Crippen molar-refractivity contribution in [2.45, 2.75) is 70.7 Å². The molecule has 2 saturated heterocycles. The van der Waals surface area contributed by atoms with E-state index in [1.807, 2.05) is 13.8 Å². The predicted octanol–water partition coefficient (Wildman–Crippen LogP) is 0.549. The van der Waals surface area contributed by atoms with Crippen LogP contribution in [0.25, 0.3) is 0 Å². The van der Waals surface area contributed by atoms with E-state index in [4.69, 9.17) is 14.2 Å². The Balaban J connectivity index is 1.77. The van der Waals surface area contributed by atoms with Crippen LogP contribution in [0.4, 0.5) is 0 Å². The molecule has 156 valence electrons. The number of ether oxygens (including phenoxy) is 3. The number of aromatic nitrogens is 2. The Morgan fingerprint density at radius 1 is 1.29 bits per heavy atom. The number of H-pyrrole nitrogens is 1. The molecule has 2 aliphatic heterocycles. The average Bonchev–Trinajstić information content (AvgIpc) is 2.96. The Kier molecular flexibility index (Phi) is 6.07. The lowest BCUT2D eigenvalue weighted by Gasteiger charge is -2.37. The minimum absolute atomic E-state index is 0.00213. The van der Waals surface area contributed by atoms with Crippen molar-refractivity contribution < 1.29 is 19.0 Å². The first-order chi connectivity index (χ1) is 13.3. The fraction of sp³-hybridized carbons (Fsp3) is 0.737. The van der Waals surface area contributed by atoms with Gasteiger partial charge in [0.1, 0.15) is 18.3 Å². The van der Waals surface area contributed by atoms with E-state index < -0.39 is 35.3 Å². The highest BCUT2D eigenvalue weighted by molar-refractivity contribution is 5.78. The predicted molar refractivity (Wildman–Crippen MR) is 101 cm³/mol. The molecule has 0 unspecified atom stereocenters. The molecule has 1 amide bonds. The highest BCUT2D eigenvalue weighted by atomic mass is 16.8. The summed E-state index contributed by atoms with van der Waals surface area (Å²) in [6.45, 7) is 8.10. The lowest BCUT2D eigenvalue weighted by Crippen LogP contribution is -2.54.